The van der Waals surface area contributed by atoms with Crippen LogP contribution in [-0.2, 0) is 9.59 Å². The third-order valence-electron chi connectivity index (χ3n) is 3.08. The van der Waals surface area contributed by atoms with Gasteiger partial charge in [-0.2, -0.15) is 5.26 Å². The van der Waals surface area contributed by atoms with Gasteiger partial charge < -0.3 is 10.6 Å². The van der Waals surface area contributed by atoms with Gasteiger partial charge in [0.2, 0.25) is 5.91 Å². The normalized spacial score (nSPS) is 10.7. The van der Waals surface area contributed by atoms with Gasteiger partial charge in [-0.3, -0.25) is 9.59 Å². The molecular formula is C18H13Cl2N3O2. The van der Waals surface area contributed by atoms with E-state index in [1.165, 1.54) is 19.1 Å². The van der Waals surface area contributed by atoms with Gasteiger partial charge in [0.1, 0.15) is 11.6 Å². The molecule has 5 nitrogen and oxygen atoms in total. The van der Waals surface area contributed by atoms with Gasteiger partial charge in [-0.25, -0.2) is 0 Å². The van der Waals surface area contributed by atoms with E-state index in [1.807, 2.05) is 6.07 Å². The largest absolute Gasteiger partial charge is 0.326 e. The predicted octanol–water partition coefficient (Wildman–Crippen LogP) is 4.50. The number of nitriles is 1. The van der Waals surface area contributed by atoms with Crippen LogP contribution >= 0.6 is 23.2 Å². The zero-order chi connectivity index (χ0) is 18.4. The maximum absolute atomic E-state index is 12.3. The summed E-state index contributed by atoms with van der Waals surface area (Å²) in [4.78, 5) is 23.3. The predicted molar refractivity (Wildman–Crippen MR) is 99.4 cm³/mol. The highest BCUT2D eigenvalue weighted by molar-refractivity contribution is 6.36. The van der Waals surface area contributed by atoms with Crippen LogP contribution in [0.15, 0.2) is 48.0 Å². The Bertz CT molecular complexity index is 884. The van der Waals surface area contributed by atoms with E-state index in [2.05, 4.69) is 10.6 Å². The summed E-state index contributed by atoms with van der Waals surface area (Å²) in [6.45, 7) is 1.41. The first-order chi connectivity index (χ1) is 11.9. The monoisotopic (exact) mass is 373 g/mol. The van der Waals surface area contributed by atoms with Crippen LogP contribution < -0.4 is 10.6 Å². The number of hydrogen-bond donors (Lipinski definition) is 2. The minimum Gasteiger partial charge on any atom is -0.326 e. The lowest BCUT2D eigenvalue weighted by Gasteiger charge is -2.07. The molecule has 7 heteroatoms. The fourth-order valence-electron chi connectivity index (χ4n) is 1.96. The van der Waals surface area contributed by atoms with Crippen molar-refractivity contribution in [1.82, 2.24) is 0 Å². The van der Waals surface area contributed by atoms with Gasteiger partial charge in [0.05, 0.1) is 10.7 Å². The molecule has 126 valence electrons. The molecule has 0 radical (unpaired) electrons. The lowest BCUT2D eigenvalue weighted by atomic mass is 10.1. The van der Waals surface area contributed by atoms with Crippen LogP contribution in [0.5, 0.6) is 0 Å². The van der Waals surface area contributed by atoms with E-state index < -0.39 is 5.91 Å². The summed E-state index contributed by atoms with van der Waals surface area (Å²) in [7, 11) is 0. The molecule has 0 aromatic heterocycles. The van der Waals surface area contributed by atoms with Crippen LogP contribution in [0, 0.1) is 11.3 Å². The van der Waals surface area contributed by atoms with Crippen molar-refractivity contribution < 1.29 is 9.59 Å². The summed E-state index contributed by atoms with van der Waals surface area (Å²) in [5, 5.41) is 15.2. The molecule has 2 amide bonds. The quantitative estimate of drug-likeness (QED) is 0.611. The summed E-state index contributed by atoms with van der Waals surface area (Å²) in [5.41, 5.74) is 1.49. The number of nitrogens with zero attached hydrogens (tertiary/aromatic N) is 1. The molecular weight excluding hydrogens is 361 g/mol. The standard InChI is InChI=1S/C18H13Cl2N3O2/c1-11(24)22-15-5-2-12(3-6-15)8-13(10-21)18(25)23-17-9-14(19)4-7-16(17)20/h2-9H,1H3,(H,22,24)(H,23,25). The molecule has 0 unspecified atom stereocenters. The third-order valence-corrected chi connectivity index (χ3v) is 3.65. The summed E-state index contributed by atoms with van der Waals surface area (Å²) in [6.07, 6.45) is 1.44. The fraction of sp³-hybridized carbons (Fsp3) is 0.0556. The lowest BCUT2D eigenvalue weighted by Crippen LogP contribution is -2.13. The summed E-state index contributed by atoms with van der Waals surface area (Å²) < 4.78 is 0. The zero-order valence-electron chi connectivity index (χ0n) is 13.1. The first kappa shape index (κ1) is 18.5. The van der Waals surface area contributed by atoms with Crippen LogP contribution in [-0.4, -0.2) is 11.8 Å². The van der Waals surface area contributed by atoms with Gasteiger partial charge in [-0.05, 0) is 42.0 Å². The van der Waals surface area contributed by atoms with Crippen LogP contribution in [0.25, 0.3) is 6.08 Å². The van der Waals surface area contributed by atoms with Crippen LogP contribution in [0.1, 0.15) is 12.5 Å². The SMILES string of the molecule is CC(=O)Nc1ccc(C=C(C#N)C(=O)Nc2cc(Cl)ccc2Cl)cc1. The summed E-state index contributed by atoms with van der Waals surface area (Å²) >= 11 is 11.9. The van der Waals surface area contributed by atoms with Crippen LogP contribution in [0.3, 0.4) is 0 Å². The maximum atomic E-state index is 12.3. The zero-order valence-corrected chi connectivity index (χ0v) is 14.7. The molecule has 0 heterocycles. The van der Waals surface area contributed by atoms with Gasteiger partial charge in [-0.1, -0.05) is 35.3 Å². The smallest absolute Gasteiger partial charge is 0.266 e. The van der Waals surface area contributed by atoms with Crippen molar-refractivity contribution in [2.24, 2.45) is 0 Å². The molecule has 0 aliphatic carbocycles. The summed E-state index contributed by atoms with van der Waals surface area (Å²) in [6, 6.07) is 13.2. The van der Waals surface area contributed by atoms with Gasteiger partial charge in [0.25, 0.3) is 5.91 Å². The molecule has 25 heavy (non-hydrogen) atoms. The molecule has 0 spiro atoms. The second-order valence-corrected chi connectivity index (χ2v) is 5.89. The van der Waals surface area contributed by atoms with Gasteiger partial charge >= 0.3 is 0 Å². The second-order valence-electron chi connectivity index (χ2n) is 5.05. The van der Waals surface area contributed by atoms with E-state index in [0.717, 1.165) is 0 Å². The Morgan fingerprint density at radius 2 is 1.76 bits per heavy atom. The Morgan fingerprint density at radius 3 is 2.36 bits per heavy atom. The summed E-state index contributed by atoms with van der Waals surface area (Å²) in [5.74, 6) is -0.781. The highest BCUT2D eigenvalue weighted by Gasteiger charge is 2.12. The highest BCUT2D eigenvalue weighted by Crippen LogP contribution is 2.26. The Balaban J connectivity index is 2.19. The van der Waals surface area contributed by atoms with Gasteiger partial charge in [0.15, 0.2) is 0 Å². The molecule has 2 aromatic rings. The molecule has 0 saturated heterocycles. The number of hydrogen-bond acceptors (Lipinski definition) is 3. The Kier molecular flexibility index (Phi) is 6.18. The molecule has 0 saturated carbocycles. The number of benzene rings is 2. The molecule has 0 bridgehead atoms. The molecule has 0 atom stereocenters. The van der Waals surface area contributed by atoms with E-state index in [0.29, 0.717) is 27.0 Å². The molecule has 0 fully saturated rings. The first-order valence-electron chi connectivity index (χ1n) is 7.15. The number of carbonyl (C=O) groups excluding carboxylic acids is 2. The number of amides is 2. The minimum atomic E-state index is -0.599. The van der Waals surface area contributed by atoms with Crippen LogP contribution in [0.4, 0.5) is 11.4 Å². The highest BCUT2D eigenvalue weighted by atomic mass is 35.5. The number of carbonyl (C=O) groups is 2. The number of rotatable bonds is 4. The third kappa shape index (κ3) is 5.35. The van der Waals surface area contributed by atoms with Crippen molar-refractivity contribution in [2.45, 2.75) is 6.92 Å². The minimum absolute atomic E-state index is 0.0941. The van der Waals surface area contributed by atoms with Crippen LogP contribution in [0.2, 0.25) is 10.0 Å². The Labute approximate surface area is 154 Å². The average Bonchev–Trinajstić information content (AvgIpc) is 2.57. The van der Waals surface area contributed by atoms with E-state index in [-0.39, 0.29) is 11.5 Å². The van der Waals surface area contributed by atoms with Crippen molar-refractivity contribution in [2.75, 3.05) is 10.6 Å². The van der Waals surface area contributed by atoms with Crippen molar-refractivity contribution in [3.63, 3.8) is 0 Å². The Morgan fingerprint density at radius 1 is 1.08 bits per heavy atom. The van der Waals surface area contributed by atoms with Crippen molar-refractivity contribution in [3.8, 4) is 6.07 Å². The first-order valence-corrected chi connectivity index (χ1v) is 7.90. The van der Waals surface area contributed by atoms with Crippen molar-refractivity contribution in [3.05, 3.63) is 63.6 Å². The molecule has 2 aromatic carbocycles. The van der Waals surface area contributed by atoms with Crippen molar-refractivity contribution >= 4 is 52.5 Å². The number of halogens is 2. The topological polar surface area (TPSA) is 82.0 Å². The molecule has 2 rings (SSSR count). The number of anilines is 2. The second kappa shape index (κ2) is 8.34. The molecule has 2 N–H and O–H groups in total. The van der Waals surface area contributed by atoms with E-state index in [9.17, 15) is 14.9 Å². The van der Waals surface area contributed by atoms with E-state index in [4.69, 9.17) is 23.2 Å². The fourth-order valence-corrected chi connectivity index (χ4v) is 2.30. The number of nitrogens with one attached hydrogen (secondary N) is 2. The lowest BCUT2D eigenvalue weighted by molar-refractivity contribution is -0.114. The van der Waals surface area contributed by atoms with E-state index >= 15 is 0 Å². The molecule has 0 aliphatic rings. The molecule has 0 aliphatic heterocycles. The van der Waals surface area contributed by atoms with Crippen molar-refractivity contribution in [1.29, 1.82) is 5.26 Å². The van der Waals surface area contributed by atoms with Gasteiger partial charge in [0, 0.05) is 17.6 Å². The maximum Gasteiger partial charge on any atom is 0.266 e. The Hall–Kier alpha value is -2.81. The average molecular weight is 374 g/mol. The van der Waals surface area contributed by atoms with Gasteiger partial charge in [-0.15, -0.1) is 0 Å². The van der Waals surface area contributed by atoms with E-state index in [1.54, 1.807) is 36.4 Å².